The zero-order valence-corrected chi connectivity index (χ0v) is 15.1. The highest BCUT2D eigenvalue weighted by Gasteiger charge is 2.24. The minimum atomic E-state index is -0.222. The fourth-order valence-electron chi connectivity index (χ4n) is 2.30. The van der Waals surface area contributed by atoms with Crippen molar-refractivity contribution < 1.29 is 14.3 Å². The first kappa shape index (κ1) is 17.4. The summed E-state index contributed by atoms with van der Waals surface area (Å²) >= 11 is 7.35. The van der Waals surface area contributed by atoms with Crippen LogP contribution in [0.2, 0.25) is 5.02 Å². The van der Waals surface area contributed by atoms with E-state index in [4.69, 9.17) is 21.1 Å². The van der Waals surface area contributed by atoms with Gasteiger partial charge >= 0.3 is 0 Å². The van der Waals surface area contributed by atoms with Crippen molar-refractivity contribution in [2.45, 2.75) is 0 Å². The van der Waals surface area contributed by atoms with E-state index in [9.17, 15) is 4.79 Å². The third-order valence-electron chi connectivity index (χ3n) is 3.45. The van der Waals surface area contributed by atoms with Gasteiger partial charge in [0, 0.05) is 5.56 Å². The molecule has 2 aromatic rings. The van der Waals surface area contributed by atoms with Crippen molar-refractivity contribution in [3.05, 3.63) is 58.0 Å². The third kappa shape index (κ3) is 3.81. The van der Waals surface area contributed by atoms with Crippen LogP contribution in [0.4, 0.5) is 5.69 Å². The van der Waals surface area contributed by atoms with Crippen LogP contribution >= 0.6 is 23.4 Å². The summed E-state index contributed by atoms with van der Waals surface area (Å²) in [6, 6.07) is 12.7. The summed E-state index contributed by atoms with van der Waals surface area (Å²) < 4.78 is 10.7. The van der Waals surface area contributed by atoms with Crippen LogP contribution in [0.1, 0.15) is 5.56 Å². The molecule has 0 atom stereocenters. The molecule has 3 rings (SSSR count). The lowest BCUT2D eigenvalue weighted by atomic mass is 10.1. The largest absolute Gasteiger partial charge is 0.493 e. The first-order chi connectivity index (χ1) is 12.1. The van der Waals surface area contributed by atoms with Crippen LogP contribution in [0, 0.1) is 0 Å². The van der Waals surface area contributed by atoms with Crippen molar-refractivity contribution in [2.75, 3.05) is 14.2 Å². The van der Waals surface area contributed by atoms with Gasteiger partial charge in [0.2, 0.25) is 0 Å². The zero-order valence-electron chi connectivity index (χ0n) is 13.6. The van der Waals surface area contributed by atoms with Gasteiger partial charge in [0.25, 0.3) is 5.91 Å². The van der Waals surface area contributed by atoms with E-state index in [0.29, 0.717) is 32.3 Å². The molecule has 0 bridgehead atoms. The van der Waals surface area contributed by atoms with Crippen LogP contribution < -0.4 is 14.8 Å². The zero-order chi connectivity index (χ0) is 17.8. The molecule has 0 spiro atoms. The van der Waals surface area contributed by atoms with E-state index in [2.05, 4.69) is 10.3 Å². The molecule has 7 heteroatoms. The van der Waals surface area contributed by atoms with Gasteiger partial charge in [0.15, 0.2) is 16.7 Å². The number of halogens is 1. The Balaban J connectivity index is 1.91. The Hall–Kier alpha value is -2.44. The highest BCUT2D eigenvalue weighted by atomic mass is 35.5. The van der Waals surface area contributed by atoms with Crippen LogP contribution in [0.3, 0.4) is 0 Å². The summed E-state index contributed by atoms with van der Waals surface area (Å²) in [6.45, 7) is 0. The topological polar surface area (TPSA) is 59.9 Å². The second-order valence-corrected chi connectivity index (χ2v) is 6.45. The molecule has 25 heavy (non-hydrogen) atoms. The predicted octanol–water partition coefficient (Wildman–Crippen LogP) is 4.25. The van der Waals surface area contributed by atoms with Crippen LogP contribution in [0.25, 0.3) is 6.08 Å². The number of hydrogen-bond acceptors (Lipinski definition) is 5. The van der Waals surface area contributed by atoms with Crippen LogP contribution in [-0.4, -0.2) is 25.3 Å². The molecule has 1 fully saturated rings. The average molecular weight is 375 g/mol. The molecule has 1 aliphatic rings. The summed E-state index contributed by atoms with van der Waals surface area (Å²) in [5, 5.41) is 3.74. The standard InChI is InChI=1S/C18H15ClN2O3S/c1-23-14-9-5-6-11(16(14)24-2)10-15-17(22)21-18(25-15)20-13-8-4-3-7-12(13)19/h3-10H,1-2H3,(H,20,21,22)/b15-10-. The second kappa shape index (κ2) is 7.63. The minimum Gasteiger partial charge on any atom is -0.493 e. The van der Waals surface area contributed by atoms with Crippen LogP contribution in [0.5, 0.6) is 11.5 Å². The fourth-order valence-corrected chi connectivity index (χ4v) is 3.30. The highest BCUT2D eigenvalue weighted by molar-refractivity contribution is 8.18. The normalized spacial score (nSPS) is 17.0. The van der Waals surface area contributed by atoms with E-state index in [1.807, 2.05) is 24.3 Å². The predicted molar refractivity (Wildman–Crippen MR) is 102 cm³/mol. The molecule has 5 nitrogen and oxygen atoms in total. The number of nitrogens with zero attached hydrogens (tertiary/aromatic N) is 1. The summed E-state index contributed by atoms with van der Waals surface area (Å²) in [6.07, 6.45) is 1.75. The lowest BCUT2D eigenvalue weighted by Crippen LogP contribution is -2.19. The molecule has 1 heterocycles. The highest BCUT2D eigenvalue weighted by Crippen LogP contribution is 2.35. The smallest absolute Gasteiger partial charge is 0.264 e. The average Bonchev–Trinajstić information content (AvgIpc) is 2.96. The minimum absolute atomic E-state index is 0.222. The van der Waals surface area contributed by atoms with Crippen molar-refractivity contribution >= 4 is 46.2 Å². The number of nitrogens with one attached hydrogen (secondary N) is 1. The van der Waals surface area contributed by atoms with Crippen molar-refractivity contribution in [1.82, 2.24) is 5.32 Å². The Kier molecular flexibility index (Phi) is 5.31. The summed E-state index contributed by atoms with van der Waals surface area (Å²) in [7, 11) is 3.13. The molecule has 1 amide bonds. The van der Waals surface area contributed by atoms with Crippen LogP contribution in [0.15, 0.2) is 52.4 Å². The number of para-hydroxylation sites is 2. The van der Waals surface area contributed by atoms with Gasteiger partial charge in [-0.2, -0.15) is 0 Å². The number of benzene rings is 2. The van der Waals surface area contributed by atoms with Gasteiger partial charge in [-0.05, 0) is 36.0 Å². The Bertz CT molecular complexity index is 880. The Morgan fingerprint density at radius 3 is 2.64 bits per heavy atom. The molecule has 0 unspecified atom stereocenters. The van der Waals surface area contributed by atoms with Crippen molar-refractivity contribution in [3.63, 3.8) is 0 Å². The maximum atomic E-state index is 12.2. The van der Waals surface area contributed by atoms with Gasteiger partial charge < -0.3 is 14.8 Å². The summed E-state index contributed by atoms with van der Waals surface area (Å²) in [4.78, 5) is 17.1. The number of carbonyl (C=O) groups is 1. The van der Waals surface area contributed by atoms with Gasteiger partial charge in [0.05, 0.1) is 29.8 Å². The maximum Gasteiger partial charge on any atom is 0.264 e. The number of aliphatic imine (C=N–C) groups is 1. The van der Waals surface area contributed by atoms with Gasteiger partial charge in [-0.15, -0.1) is 0 Å². The van der Waals surface area contributed by atoms with E-state index in [0.717, 1.165) is 5.56 Å². The fraction of sp³-hybridized carbons (Fsp3) is 0.111. The molecule has 128 valence electrons. The molecule has 0 aromatic heterocycles. The number of methoxy groups -OCH3 is 2. The lowest BCUT2D eigenvalue weighted by Gasteiger charge is -2.10. The monoisotopic (exact) mass is 374 g/mol. The number of hydrogen-bond donors (Lipinski definition) is 1. The molecule has 1 aliphatic heterocycles. The molecular formula is C18H15ClN2O3S. The number of amides is 1. The quantitative estimate of drug-likeness (QED) is 0.813. The molecular weight excluding hydrogens is 360 g/mol. The number of amidine groups is 1. The number of rotatable bonds is 4. The molecule has 1 saturated heterocycles. The summed E-state index contributed by atoms with van der Waals surface area (Å²) in [5.41, 5.74) is 1.35. The van der Waals surface area contributed by atoms with Crippen molar-refractivity contribution in [1.29, 1.82) is 0 Å². The lowest BCUT2D eigenvalue weighted by molar-refractivity contribution is -0.115. The van der Waals surface area contributed by atoms with Crippen LogP contribution in [-0.2, 0) is 4.79 Å². The molecule has 1 N–H and O–H groups in total. The van der Waals surface area contributed by atoms with E-state index in [-0.39, 0.29) is 5.91 Å². The van der Waals surface area contributed by atoms with Gasteiger partial charge in [0.1, 0.15) is 0 Å². The Morgan fingerprint density at radius 2 is 1.92 bits per heavy atom. The van der Waals surface area contributed by atoms with Gasteiger partial charge in [-0.1, -0.05) is 35.9 Å². The maximum absolute atomic E-state index is 12.2. The van der Waals surface area contributed by atoms with Gasteiger partial charge in [-0.25, -0.2) is 4.99 Å². The van der Waals surface area contributed by atoms with Crippen molar-refractivity contribution in [2.24, 2.45) is 4.99 Å². The van der Waals surface area contributed by atoms with E-state index in [1.165, 1.54) is 11.8 Å². The molecule has 0 aliphatic carbocycles. The first-order valence-electron chi connectivity index (χ1n) is 7.37. The van der Waals surface area contributed by atoms with E-state index in [1.54, 1.807) is 38.5 Å². The van der Waals surface area contributed by atoms with Crippen molar-refractivity contribution in [3.8, 4) is 11.5 Å². The number of carbonyl (C=O) groups excluding carboxylic acids is 1. The van der Waals surface area contributed by atoms with Gasteiger partial charge in [-0.3, -0.25) is 4.79 Å². The summed E-state index contributed by atoms with van der Waals surface area (Å²) in [5.74, 6) is 0.952. The number of ether oxygens (including phenoxy) is 2. The first-order valence-corrected chi connectivity index (χ1v) is 8.57. The van der Waals surface area contributed by atoms with E-state index >= 15 is 0 Å². The number of thioether (sulfide) groups is 1. The Labute approximate surface area is 154 Å². The molecule has 0 saturated carbocycles. The molecule has 0 radical (unpaired) electrons. The Morgan fingerprint density at radius 1 is 1.12 bits per heavy atom. The SMILES string of the molecule is COc1cccc(/C=C2\SC(=Nc3ccccc3Cl)NC2=O)c1OC. The third-order valence-corrected chi connectivity index (χ3v) is 4.67. The van der Waals surface area contributed by atoms with E-state index < -0.39 is 0 Å². The molecule has 2 aromatic carbocycles. The second-order valence-electron chi connectivity index (χ2n) is 5.02.